The van der Waals surface area contributed by atoms with Gasteiger partial charge >= 0.3 is 0 Å². The molecule has 1 aliphatic rings. The van der Waals surface area contributed by atoms with Crippen molar-refractivity contribution in [1.29, 1.82) is 0 Å². The van der Waals surface area contributed by atoms with Crippen LogP contribution in [-0.4, -0.2) is 56.5 Å². The molecule has 0 bridgehead atoms. The topological polar surface area (TPSA) is 50.8 Å². The molecule has 0 saturated carbocycles. The van der Waals surface area contributed by atoms with Crippen molar-refractivity contribution in [3.8, 4) is 0 Å². The maximum absolute atomic E-state index is 11.4. The molecule has 0 spiro atoms. The van der Waals surface area contributed by atoms with E-state index in [-0.39, 0.29) is 12.2 Å². The SMILES string of the molecule is CCOC(CCNC1CCC(=O)N(C)C1)OCC. The summed E-state index contributed by atoms with van der Waals surface area (Å²) in [4.78, 5) is 13.1. The third kappa shape index (κ3) is 5.33. The molecule has 18 heavy (non-hydrogen) atoms. The lowest BCUT2D eigenvalue weighted by atomic mass is 10.1. The van der Waals surface area contributed by atoms with Crippen LogP contribution in [0.2, 0.25) is 0 Å². The molecule has 0 aromatic heterocycles. The van der Waals surface area contributed by atoms with Gasteiger partial charge in [-0.25, -0.2) is 0 Å². The predicted molar refractivity (Wildman–Crippen MR) is 70.3 cm³/mol. The number of likely N-dealkylation sites (tertiary alicyclic amines) is 1. The van der Waals surface area contributed by atoms with Gasteiger partial charge in [-0.3, -0.25) is 4.79 Å². The van der Waals surface area contributed by atoms with Crippen LogP contribution in [0.4, 0.5) is 0 Å². The zero-order valence-corrected chi connectivity index (χ0v) is 11.8. The highest BCUT2D eigenvalue weighted by molar-refractivity contribution is 5.76. The Bertz CT molecular complexity index is 242. The molecule has 1 aliphatic heterocycles. The molecule has 1 unspecified atom stereocenters. The molecule has 1 saturated heterocycles. The molecule has 0 aromatic rings. The van der Waals surface area contributed by atoms with Crippen LogP contribution in [0, 0.1) is 0 Å². The van der Waals surface area contributed by atoms with Crippen molar-refractivity contribution in [1.82, 2.24) is 10.2 Å². The van der Waals surface area contributed by atoms with E-state index >= 15 is 0 Å². The third-order valence-electron chi connectivity index (χ3n) is 3.14. The molecule has 0 aromatic carbocycles. The summed E-state index contributed by atoms with van der Waals surface area (Å²) in [5, 5.41) is 3.47. The maximum atomic E-state index is 11.4. The first-order valence-electron chi connectivity index (χ1n) is 6.87. The summed E-state index contributed by atoms with van der Waals surface area (Å²) in [5.74, 6) is 0.245. The number of ether oxygens (including phenoxy) is 2. The van der Waals surface area contributed by atoms with E-state index in [1.807, 2.05) is 20.9 Å². The van der Waals surface area contributed by atoms with E-state index in [0.717, 1.165) is 25.9 Å². The Balaban J connectivity index is 2.18. The van der Waals surface area contributed by atoms with Gasteiger partial charge in [0.15, 0.2) is 6.29 Å². The van der Waals surface area contributed by atoms with E-state index in [1.54, 1.807) is 4.90 Å². The number of hydrogen-bond donors (Lipinski definition) is 1. The largest absolute Gasteiger partial charge is 0.353 e. The van der Waals surface area contributed by atoms with Gasteiger partial charge in [-0.2, -0.15) is 0 Å². The summed E-state index contributed by atoms with van der Waals surface area (Å²) in [5.41, 5.74) is 0. The van der Waals surface area contributed by atoms with E-state index in [1.165, 1.54) is 0 Å². The molecule has 0 aliphatic carbocycles. The Morgan fingerprint density at radius 3 is 2.61 bits per heavy atom. The lowest BCUT2D eigenvalue weighted by Gasteiger charge is -2.30. The normalized spacial score (nSPS) is 20.8. The smallest absolute Gasteiger partial charge is 0.222 e. The van der Waals surface area contributed by atoms with Crippen molar-refractivity contribution in [3.05, 3.63) is 0 Å². The molecule has 5 nitrogen and oxygen atoms in total. The Hall–Kier alpha value is -0.650. The van der Waals surface area contributed by atoms with Gasteiger partial charge in [0.1, 0.15) is 0 Å². The van der Waals surface area contributed by atoms with Gasteiger partial charge in [-0.1, -0.05) is 0 Å². The van der Waals surface area contributed by atoms with Gasteiger partial charge in [0, 0.05) is 52.2 Å². The fourth-order valence-corrected chi connectivity index (χ4v) is 2.17. The van der Waals surface area contributed by atoms with E-state index in [2.05, 4.69) is 5.32 Å². The lowest BCUT2D eigenvalue weighted by molar-refractivity contribution is -0.139. The molecule has 106 valence electrons. The van der Waals surface area contributed by atoms with Crippen molar-refractivity contribution in [2.24, 2.45) is 0 Å². The van der Waals surface area contributed by atoms with Gasteiger partial charge in [0.25, 0.3) is 0 Å². The molecule has 0 radical (unpaired) electrons. The highest BCUT2D eigenvalue weighted by atomic mass is 16.7. The molecule has 1 fully saturated rings. The zero-order chi connectivity index (χ0) is 13.4. The quantitative estimate of drug-likeness (QED) is 0.660. The molecule has 1 rings (SSSR count). The van der Waals surface area contributed by atoms with Crippen molar-refractivity contribution < 1.29 is 14.3 Å². The third-order valence-corrected chi connectivity index (χ3v) is 3.14. The average molecular weight is 258 g/mol. The number of hydrogen-bond acceptors (Lipinski definition) is 4. The molecule has 1 atom stereocenters. The second kappa shape index (κ2) is 8.45. The zero-order valence-electron chi connectivity index (χ0n) is 11.8. The minimum absolute atomic E-state index is 0.115. The van der Waals surface area contributed by atoms with Gasteiger partial charge in [0.05, 0.1) is 0 Å². The van der Waals surface area contributed by atoms with Gasteiger partial charge in [-0.15, -0.1) is 0 Å². The number of amides is 1. The number of likely N-dealkylation sites (N-methyl/N-ethyl adjacent to an activating group) is 1. The summed E-state index contributed by atoms with van der Waals surface area (Å²) in [6.07, 6.45) is 2.30. The minimum atomic E-state index is -0.115. The van der Waals surface area contributed by atoms with Crippen LogP contribution in [-0.2, 0) is 14.3 Å². The first-order valence-corrected chi connectivity index (χ1v) is 6.87. The Morgan fingerprint density at radius 1 is 1.39 bits per heavy atom. The second-order valence-electron chi connectivity index (χ2n) is 4.59. The van der Waals surface area contributed by atoms with Crippen LogP contribution in [0.5, 0.6) is 0 Å². The van der Waals surface area contributed by atoms with Gasteiger partial charge < -0.3 is 19.7 Å². The van der Waals surface area contributed by atoms with E-state index < -0.39 is 0 Å². The fourth-order valence-electron chi connectivity index (χ4n) is 2.17. The summed E-state index contributed by atoms with van der Waals surface area (Å²) >= 11 is 0. The van der Waals surface area contributed by atoms with Gasteiger partial charge in [0.2, 0.25) is 5.91 Å². The van der Waals surface area contributed by atoms with E-state index in [9.17, 15) is 4.79 Å². The molecule has 1 amide bonds. The molecular weight excluding hydrogens is 232 g/mol. The average Bonchev–Trinajstić information content (AvgIpc) is 2.34. The molecule has 1 N–H and O–H groups in total. The summed E-state index contributed by atoms with van der Waals surface area (Å²) in [6, 6.07) is 0.400. The maximum Gasteiger partial charge on any atom is 0.222 e. The highest BCUT2D eigenvalue weighted by Gasteiger charge is 2.22. The van der Waals surface area contributed by atoms with Crippen molar-refractivity contribution in [2.45, 2.75) is 45.4 Å². The fraction of sp³-hybridized carbons (Fsp3) is 0.923. The van der Waals surface area contributed by atoms with Gasteiger partial charge in [-0.05, 0) is 20.3 Å². The van der Waals surface area contributed by atoms with Crippen molar-refractivity contribution in [3.63, 3.8) is 0 Å². The van der Waals surface area contributed by atoms with E-state index in [0.29, 0.717) is 25.7 Å². The Morgan fingerprint density at radius 2 is 2.06 bits per heavy atom. The van der Waals surface area contributed by atoms with Crippen LogP contribution in [0.3, 0.4) is 0 Å². The number of rotatable bonds is 8. The van der Waals surface area contributed by atoms with Crippen LogP contribution in [0.25, 0.3) is 0 Å². The van der Waals surface area contributed by atoms with Crippen molar-refractivity contribution in [2.75, 3.05) is 33.4 Å². The van der Waals surface area contributed by atoms with E-state index in [4.69, 9.17) is 9.47 Å². The molecular formula is C13H26N2O3. The summed E-state index contributed by atoms with van der Waals surface area (Å²) in [6.45, 7) is 6.95. The number of nitrogens with one attached hydrogen (secondary N) is 1. The minimum Gasteiger partial charge on any atom is -0.353 e. The Labute approximate surface area is 110 Å². The number of carbonyl (C=O) groups is 1. The van der Waals surface area contributed by atoms with Crippen LogP contribution >= 0.6 is 0 Å². The van der Waals surface area contributed by atoms with Crippen LogP contribution in [0.15, 0.2) is 0 Å². The number of piperidine rings is 1. The summed E-state index contributed by atoms with van der Waals surface area (Å²) in [7, 11) is 1.86. The Kier molecular flexibility index (Phi) is 7.23. The first-order chi connectivity index (χ1) is 8.67. The van der Waals surface area contributed by atoms with Crippen LogP contribution in [0.1, 0.15) is 33.1 Å². The number of carbonyl (C=O) groups excluding carboxylic acids is 1. The number of nitrogens with zero attached hydrogens (tertiary/aromatic N) is 1. The van der Waals surface area contributed by atoms with Crippen molar-refractivity contribution >= 4 is 5.91 Å². The highest BCUT2D eigenvalue weighted by Crippen LogP contribution is 2.10. The first kappa shape index (κ1) is 15.4. The standard InChI is InChI=1S/C13H26N2O3/c1-4-17-13(18-5-2)8-9-14-11-6-7-12(16)15(3)10-11/h11,13-14H,4-10H2,1-3H3. The summed E-state index contributed by atoms with van der Waals surface area (Å²) < 4.78 is 11.0. The van der Waals surface area contributed by atoms with Crippen LogP contribution < -0.4 is 5.32 Å². The lowest BCUT2D eigenvalue weighted by Crippen LogP contribution is -2.47. The monoisotopic (exact) mass is 258 g/mol. The predicted octanol–water partition coefficient (Wildman–Crippen LogP) is 0.986. The molecule has 5 heteroatoms. The second-order valence-corrected chi connectivity index (χ2v) is 4.59. The molecule has 1 heterocycles.